The molecule has 1 aromatic heterocycles. The van der Waals surface area contributed by atoms with Crippen LogP contribution in [-0.4, -0.2) is 23.2 Å². The average Bonchev–Trinajstić information content (AvgIpc) is 2.97. The zero-order valence-electron chi connectivity index (χ0n) is 11.0. The maximum Gasteiger partial charge on any atom is 0.214 e. The molecule has 5 nitrogen and oxygen atoms in total. The predicted octanol–water partition coefficient (Wildman–Crippen LogP) is 2.81. The van der Waals surface area contributed by atoms with Crippen molar-refractivity contribution in [1.29, 1.82) is 0 Å². The van der Waals surface area contributed by atoms with E-state index in [4.69, 9.17) is 4.42 Å². The van der Waals surface area contributed by atoms with Gasteiger partial charge in [-0.1, -0.05) is 30.3 Å². The lowest BCUT2D eigenvalue weighted by Crippen LogP contribution is -2.20. The quantitative estimate of drug-likeness (QED) is 0.622. The van der Waals surface area contributed by atoms with Crippen molar-refractivity contribution in [2.45, 2.75) is 18.3 Å². The molecule has 2 atom stereocenters. The molecule has 0 bridgehead atoms. The van der Waals surface area contributed by atoms with Crippen LogP contribution < -0.4 is 0 Å². The van der Waals surface area contributed by atoms with Crippen LogP contribution in [0, 0.1) is 10.1 Å². The second-order valence-corrected chi connectivity index (χ2v) is 4.67. The molecule has 0 unspecified atom stereocenters. The van der Waals surface area contributed by atoms with Gasteiger partial charge in [0.15, 0.2) is 0 Å². The monoisotopic (exact) mass is 275 g/mol. The van der Waals surface area contributed by atoms with Gasteiger partial charge >= 0.3 is 0 Å². The van der Waals surface area contributed by atoms with Crippen molar-refractivity contribution in [2.24, 2.45) is 0 Å². The third kappa shape index (κ3) is 3.45. The molecule has 0 aliphatic rings. The van der Waals surface area contributed by atoms with E-state index in [9.17, 15) is 15.2 Å². The molecule has 0 spiro atoms. The van der Waals surface area contributed by atoms with Gasteiger partial charge in [0, 0.05) is 17.4 Å². The highest BCUT2D eigenvalue weighted by molar-refractivity contribution is 5.24. The van der Waals surface area contributed by atoms with Crippen LogP contribution in [0.3, 0.4) is 0 Å². The highest BCUT2D eigenvalue weighted by Crippen LogP contribution is 2.35. The maximum atomic E-state index is 10.9. The smallest absolute Gasteiger partial charge is 0.214 e. The number of rotatable bonds is 7. The lowest BCUT2D eigenvalue weighted by molar-refractivity contribution is -0.484. The molecule has 1 aromatic carbocycles. The molecule has 0 aliphatic heterocycles. The fraction of sp³-hybridized carbons (Fsp3) is 0.333. The minimum atomic E-state index is -0.380. The Morgan fingerprint density at radius 2 is 1.90 bits per heavy atom. The normalized spacial score (nSPS) is 13.8. The molecule has 1 N–H and O–H groups in total. The third-order valence-electron chi connectivity index (χ3n) is 3.41. The molecule has 5 heteroatoms. The van der Waals surface area contributed by atoms with E-state index >= 15 is 0 Å². The first kappa shape index (κ1) is 14.3. The van der Waals surface area contributed by atoms with Crippen molar-refractivity contribution in [1.82, 2.24) is 0 Å². The second kappa shape index (κ2) is 6.86. The van der Waals surface area contributed by atoms with Crippen LogP contribution in [0.15, 0.2) is 53.1 Å². The molecule has 106 valence electrons. The molecule has 0 fully saturated rings. The Kier molecular flexibility index (Phi) is 4.90. The summed E-state index contributed by atoms with van der Waals surface area (Å²) < 4.78 is 5.36. The largest absolute Gasteiger partial charge is 0.469 e. The van der Waals surface area contributed by atoms with Crippen LogP contribution in [0.1, 0.15) is 29.6 Å². The zero-order chi connectivity index (χ0) is 14.4. The summed E-state index contributed by atoms with van der Waals surface area (Å²) in [6.45, 7) is -0.235. The second-order valence-electron chi connectivity index (χ2n) is 4.67. The third-order valence-corrected chi connectivity index (χ3v) is 3.41. The summed E-state index contributed by atoms with van der Waals surface area (Å²) in [5.41, 5.74) is 0.977. The van der Waals surface area contributed by atoms with E-state index in [0.29, 0.717) is 12.2 Å². The number of aliphatic hydroxyl groups is 1. The Morgan fingerprint density at radius 1 is 1.15 bits per heavy atom. The first-order chi connectivity index (χ1) is 9.72. The summed E-state index contributed by atoms with van der Waals surface area (Å²) in [7, 11) is 0. The van der Waals surface area contributed by atoms with Crippen molar-refractivity contribution in [3.63, 3.8) is 0 Å². The van der Waals surface area contributed by atoms with Crippen LogP contribution in [0.2, 0.25) is 0 Å². The van der Waals surface area contributed by atoms with Crippen LogP contribution in [-0.2, 0) is 0 Å². The number of aliphatic hydroxyl groups excluding tert-OH is 1. The molecule has 0 saturated carbocycles. The number of nitrogens with zero attached hydrogens (tertiary/aromatic N) is 1. The minimum Gasteiger partial charge on any atom is -0.469 e. The van der Waals surface area contributed by atoms with Crippen molar-refractivity contribution >= 4 is 0 Å². The van der Waals surface area contributed by atoms with Crippen molar-refractivity contribution in [3.05, 3.63) is 70.2 Å². The number of hydrogen-bond donors (Lipinski definition) is 1. The van der Waals surface area contributed by atoms with Gasteiger partial charge < -0.3 is 9.52 Å². The molecule has 0 amide bonds. The fourth-order valence-electron chi connectivity index (χ4n) is 2.52. The average molecular weight is 275 g/mol. The van der Waals surface area contributed by atoms with Crippen LogP contribution in [0.5, 0.6) is 0 Å². The van der Waals surface area contributed by atoms with Crippen molar-refractivity contribution in [2.75, 3.05) is 13.2 Å². The van der Waals surface area contributed by atoms with E-state index in [1.165, 1.54) is 6.26 Å². The Bertz CT molecular complexity index is 524. The minimum absolute atomic E-state index is 0.0194. The summed E-state index contributed by atoms with van der Waals surface area (Å²) >= 11 is 0. The molecule has 1 heterocycles. The predicted molar refractivity (Wildman–Crippen MR) is 74.2 cm³/mol. The first-order valence-corrected chi connectivity index (χ1v) is 6.53. The molecule has 0 radical (unpaired) electrons. The van der Waals surface area contributed by atoms with E-state index in [1.807, 2.05) is 30.3 Å². The van der Waals surface area contributed by atoms with Gasteiger partial charge in [0.2, 0.25) is 6.54 Å². The van der Waals surface area contributed by atoms with Crippen molar-refractivity contribution < 1.29 is 14.4 Å². The van der Waals surface area contributed by atoms with Gasteiger partial charge in [-0.3, -0.25) is 10.1 Å². The summed E-state index contributed by atoms with van der Waals surface area (Å²) in [6, 6.07) is 13.0. The molecular weight excluding hydrogens is 258 g/mol. The molecule has 2 aromatic rings. The van der Waals surface area contributed by atoms with E-state index < -0.39 is 0 Å². The van der Waals surface area contributed by atoms with Gasteiger partial charge in [0.05, 0.1) is 12.2 Å². The summed E-state index contributed by atoms with van der Waals surface area (Å²) in [5, 5.41) is 20.2. The zero-order valence-corrected chi connectivity index (χ0v) is 11.0. The van der Waals surface area contributed by atoms with E-state index in [-0.39, 0.29) is 29.9 Å². The van der Waals surface area contributed by atoms with Gasteiger partial charge in [0.25, 0.3) is 0 Å². The van der Waals surface area contributed by atoms with E-state index in [1.54, 1.807) is 12.1 Å². The topological polar surface area (TPSA) is 76.5 Å². The molecule has 0 saturated heterocycles. The Labute approximate surface area is 117 Å². The standard InChI is InChI=1S/C15H17NO4/c17-9-8-13(12-5-2-1-3-6-12)14(11-16(18)19)15-7-4-10-20-15/h1-7,10,13-14,17H,8-9,11H2/t13-,14+/m0/s1. The van der Waals surface area contributed by atoms with Crippen molar-refractivity contribution in [3.8, 4) is 0 Å². The van der Waals surface area contributed by atoms with Gasteiger partial charge in [-0.05, 0) is 24.1 Å². The van der Waals surface area contributed by atoms with Crippen LogP contribution in [0.4, 0.5) is 0 Å². The first-order valence-electron chi connectivity index (χ1n) is 6.53. The summed E-state index contributed by atoms with van der Waals surface area (Å²) in [5.74, 6) is 0.0660. The molecular formula is C15H17NO4. The lowest BCUT2D eigenvalue weighted by Gasteiger charge is -2.22. The van der Waals surface area contributed by atoms with Crippen LogP contribution in [0.25, 0.3) is 0 Å². The highest BCUT2D eigenvalue weighted by atomic mass is 16.6. The summed E-state index contributed by atoms with van der Waals surface area (Å²) in [6.07, 6.45) is 1.98. The molecule has 0 aliphatic carbocycles. The number of hydrogen-bond acceptors (Lipinski definition) is 4. The Hall–Kier alpha value is -2.14. The van der Waals surface area contributed by atoms with Gasteiger partial charge in [-0.2, -0.15) is 0 Å². The number of nitro groups is 1. The van der Waals surface area contributed by atoms with Crippen LogP contribution >= 0.6 is 0 Å². The molecule has 2 rings (SSSR count). The van der Waals surface area contributed by atoms with Gasteiger partial charge in [-0.15, -0.1) is 0 Å². The van der Waals surface area contributed by atoms with E-state index in [2.05, 4.69) is 0 Å². The molecule has 20 heavy (non-hydrogen) atoms. The van der Waals surface area contributed by atoms with Gasteiger partial charge in [0.1, 0.15) is 5.76 Å². The number of furan rings is 1. The Balaban J connectivity index is 2.34. The summed E-state index contributed by atoms with van der Waals surface area (Å²) in [4.78, 5) is 10.6. The van der Waals surface area contributed by atoms with E-state index in [0.717, 1.165) is 5.56 Å². The lowest BCUT2D eigenvalue weighted by atomic mass is 9.82. The Morgan fingerprint density at radius 3 is 2.45 bits per heavy atom. The number of benzene rings is 1. The SMILES string of the molecule is O=[N+]([O-])C[C@@H](c1ccco1)[C@@H](CCO)c1ccccc1. The van der Waals surface area contributed by atoms with Gasteiger partial charge in [-0.25, -0.2) is 0 Å². The maximum absolute atomic E-state index is 10.9. The highest BCUT2D eigenvalue weighted by Gasteiger charge is 2.30. The fourth-order valence-corrected chi connectivity index (χ4v) is 2.52.